The van der Waals surface area contributed by atoms with Gasteiger partial charge in [0.1, 0.15) is 5.88 Å². The highest BCUT2D eigenvalue weighted by molar-refractivity contribution is 7.91. The Kier molecular flexibility index (Phi) is 12.3. The molecular formula is C30H26Cl2F3N3O6S2. The number of rotatable bonds is 9. The van der Waals surface area contributed by atoms with Gasteiger partial charge in [-0.1, -0.05) is 40.9 Å². The first-order valence-corrected chi connectivity index (χ1v) is 17.2. The van der Waals surface area contributed by atoms with Crippen LogP contribution < -0.4 is 10.6 Å². The molecule has 0 atom stereocenters. The van der Waals surface area contributed by atoms with Gasteiger partial charge in [0, 0.05) is 33.9 Å². The molecule has 46 heavy (non-hydrogen) atoms. The van der Waals surface area contributed by atoms with E-state index in [1.165, 1.54) is 48.5 Å². The van der Waals surface area contributed by atoms with Crippen molar-refractivity contribution >= 4 is 54.7 Å². The van der Waals surface area contributed by atoms with Crippen LogP contribution in [0.5, 0.6) is 0 Å². The van der Waals surface area contributed by atoms with Gasteiger partial charge >= 0.3 is 6.18 Å². The van der Waals surface area contributed by atoms with Crippen LogP contribution in [0.25, 0.3) is 0 Å². The Morgan fingerprint density at radius 2 is 1.22 bits per heavy atom. The van der Waals surface area contributed by atoms with Crippen molar-refractivity contribution in [3.05, 3.63) is 123 Å². The average Bonchev–Trinajstić information content (AvgIpc) is 3.00. The summed E-state index contributed by atoms with van der Waals surface area (Å²) in [4.78, 5) is 27.2. The minimum absolute atomic E-state index is 0.185. The van der Waals surface area contributed by atoms with Crippen molar-refractivity contribution in [2.75, 3.05) is 18.2 Å². The summed E-state index contributed by atoms with van der Waals surface area (Å²) in [5.41, 5.74) is 0.592. The number of nitrogens with one attached hydrogen (secondary N) is 2. The minimum atomic E-state index is -4.60. The van der Waals surface area contributed by atoms with Gasteiger partial charge in [0.2, 0.25) is 0 Å². The number of pyridine rings is 1. The molecule has 0 bridgehead atoms. The molecule has 16 heteroatoms. The molecule has 0 aliphatic carbocycles. The molecule has 0 spiro atoms. The molecular weight excluding hydrogens is 690 g/mol. The third-order valence-corrected chi connectivity index (χ3v) is 9.69. The molecule has 2 amide bonds. The van der Waals surface area contributed by atoms with Crippen LogP contribution >= 0.6 is 23.2 Å². The van der Waals surface area contributed by atoms with Crippen molar-refractivity contribution in [3.8, 4) is 0 Å². The maximum absolute atomic E-state index is 12.4. The van der Waals surface area contributed by atoms with Gasteiger partial charge in [-0.3, -0.25) is 9.59 Å². The van der Waals surface area contributed by atoms with E-state index in [0.717, 1.165) is 11.6 Å². The van der Waals surface area contributed by atoms with Crippen LogP contribution in [-0.2, 0) is 25.9 Å². The highest BCUT2D eigenvalue weighted by Gasteiger charge is 2.31. The van der Waals surface area contributed by atoms with Crippen molar-refractivity contribution in [2.45, 2.75) is 23.0 Å². The second-order valence-corrected chi connectivity index (χ2v) is 14.5. The van der Waals surface area contributed by atoms with Crippen LogP contribution in [0.1, 0.15) is 31.8 Å². The van der Waals surface area contributed by atoms with E-state index in [4.69, 9.17) is 23.2 Å². The number of aryl methyl sites for hydroxylation is 1. The van der Waals surface area contributed by atoms with Crippen molar-refractivity contribution in [3.63, 3.8) is 0 Å². The van der Waals surface area contributed by atoms with Crippen molar-refractivity contribution in [1.82, 2.24) is 15.6 Å². The lowest BCUT2D eigenvalue weighted by molar-refractivity contribution is -0.137. The van der Waals surface area contributed by atoms with E-state index >= 15 is 0 Å². The monoisotopic (exact) mass is 715 g/mol. The van der Waals surface area contributed by atoms with Gasteiger partial charge in [0.25, 0.3) is 11.8 Å². The number of alkyl halides is 3. The van der Waals surface area contributed by atoms with E-state index in [9.17, 15) is 39.6 Å². The molecule has 0 unspecified atom stereocenters. The number of aromatic nitrogens is 1. The fourth-order valence-electron chi connectivity index (χ4n) is 3.53. The Balaban J connectivity index is 0.000000254. The van der Waals surface area contributed by atoms with Crippen LogP contribution in [0, 0.1) is 6.92 Å². The fraction of sp³-hybridized carbons (Fsp3) is 0.167. The van der Waals surface area contributed by atoms with Gasteiger partial charge in [0.05, 0.1) is 16.2 Å². The molecule has 0 saturated heterocycles. The zero-order valence-corrected chi connectivity index (χ0v) is 27.0. The number of carbonyl (C=O) groups is 2. The Bertz CT molecular complexity index is 1870. The van der Waals surface area contributed by atoms with Gasteiger partial charge in [-0.15, -0.1) is 0 Å². The zero-order chi connectivity index (χ0) is 34.1. The van der Waals surface area contributed by atoms with Crippen LogP contribution in [0.4, 0.5) is 13.2 Å². The normalized spacial score (nSPS) is 11.6. The first kappa shape index (κ1) is 36.5. The summed E-state index contributed by atoms with van der Waals surface area (Å²) in [6.07, 6.45) is -4.14. The Morgan fingerprint density at radius 1 is 0.717 bits per heavy atom. The van der Waals surface area contributed by atoms with Gasteiger partial charge < -0.3 is 10.6 Å². The standard InChI is InChI=1S/C15H12ClF3N2O3S.C15H14ClNO3S/c16-12-4-1-10(2-5-12)14(22)20-7-8-25(23,24)13-6-3-11(9-21-13)15(17,18)19;1-11-2-8-14(9-3-11)21(19,20)10-17-15(18)12-4-6-13(16)7-5-12/h1-6,9H,7-8H2,(H,20,22);2-9H,10H2,1H3,(H,17,18). The summed E-state index contributed by atoms with van der Waals surface area (Å²) >= 11 is 11.4. The van der Waals surface area contributed by atoms with Crippen molar-refractivity contribution in [1.29, 1.82) is 0 Å². The summed E-state index contributed by atoms with van der Waals surface area (Å²) in [6, 6.07) is 20.1. The molecule has 0 fully saturated rings. The highest BCUT2D eigenvalue weighted by atomic mass is 35.5. The van der Waals surface area contributed by atoms with Gasteiger partial charge in [-0.05, 0) is 79.7 Å². The quantitative estimate of drug-likeness (QED) is 0.224. The molecule has 0 radical (unpaired) electrons. The molecule has 244 valence electrons. The van der Waals surface area contributed by atoms with Crippen molar-refractivity contribution in [2.24, 2.45) is 0 Å². The summed E-state index contributed by atoms with van der Waals surface area (Å²) in [5, 5.41) is 5.29. The molecule has 2 N–H and O–H groups in total. The number of sulfone groups is 2. The third-order valence-electron chi connectivity index (χ3n) is 6.05. The lowest BCUT2D eigenvalue weighted by Crippen LogP contribution is -2.29. The molecule has 1 aromatic heterocycles. The Labute approximate surface area is 273 Å². The number of hydrogen-bond acceptors (Lipinski definition) is 7. The predicted octanol–water partition coefficient (Wildman–Crippen LogP) is 5.77. The summed E-state index contributed by atoms with van der Waals surface area (Å²) in [7, 11) is -7.47. The van der Waals surface area contributed by atoms with Gasteiger partial charge in [0.15, 0.2) is 24.7 Å². The zero-order valence-electron chi connectivity index (χ0n) is 23.9. The molecule has 9 nitrogen and oxygen atoms in total. The van der Waals surface area contributed by atoms with E-state index < -0.39 is 59.9 Å². The second-order valence-electron chi connectivity index (χ2n) is 9.55. The maximum Gasteiger partial charge on any atom is 0.417 e. The number of amides is 2. The first-order chi connectivity index (χ1) is 21.5. The predicted molar refractivity (Wildman–Crippen MR) is 167 cm³/mol. The largest absolute Gasteiger partial charge is 0.417 e. The number of nitrogens with zero attached hydrogens (tertiary/aromatic N) is 1. The number of halogens is 5. The van der Waals surface area contributed by atoms with Crippen LogP contribution in [-0.4, -0.2) is 51.8 Å². The number of hydrogen-bond donors (Lipinski definition) is 2. The Hall–Kier alpha value is -3.98. The average molecular weight is 717 g/mol. The fourth-order valence-corrected chi connectivity index (χ4v) is 5.89. The maximum atomic E-state index is 12.4. The van der Waals surface area contributed by atoms with Crippen LogP contribution in [0.2, 0.25) is 10.0 Å². The summed E-state index contributed by atoms with van der Waals surface area (Å²) in [6.45, 7) is 1.66. The third kappa shape index (κ3) is 10.8. The Morgan fingerprint density at radius 3 is 1.67 bits per heavy atom. The van der Waals surface area contributed by atoms with E-state index in [1.54, 1.807) is 24.3 Å². The SMILES string of the molecule is Cc1ccc(S(=O)(=O)CNC(=O)c2ccc(Cl)cc2)cc1.O=C(NCCS(=O)(=O)c1ccc(C(F)(F)F)cn1)c1ccc(Cl)cc1. The minimum Gasteiger partial charge on any atom is -0.351 e. The molecule has 0 saturated carbocycles. The molecule has 4 rings (SSSR count). The van der Waals surface area contributed by atoms with Gasteiger partial charge in [-0.2, -0.15) is 13.2 Å². The smallest absolute Gasteiger partial charge is 0.351 e. The first-order valence-electron chi connectivity index (χ1n) is 13.1. The highest BCUT2D eigenvalue weighted by Crippen LogP contribution is 2.28. The molecule has 0 aliphatic heterocycles. The van der Waals surface area contributed by atoms with E-state index in [0.29, 0.717) is 33.4 Å². The van der Waals surface area contributed by atoms with E-state index in [-0.39, 0.29) is 11.4 Å². The topological polar surface area (TPSA) is 139 Å². The number of benzene rings is 3. The molecule has 3 aromatic carbocycles. The lowest BCUT2D eigenvalue weighted by Gasteiger charge is -2.08. The van der Waals surface area contributed by atoms with Crippen LogP contribution in [0.15, 0.2) is 101 Å². The van der Waals surface area contributed by atoms with E-state index in [2.05, 4.69) is 15.6 Å². The summed E-state index contributed by atoms with van der Waals surface area (Å²) < 4.78 is 85.6. The summed E-state index contributed by atoms with van der Waals surface area (Å²) in [5.74, 6) is -1.89. The number of carbonyl (C=O) groups excluding carboxylic acids is 2. The molecule has 1 heterocycles. The van der Waals surface area contributed by atoms with Gasteiger partial charge in [-0.25, -0.2) is 21.8 Å². The van der Waals surface area contributed by atoms with E-state index in [1.807, 2.05) is 6.92 Å². The molecule has 4 aromatic rings. The lowest BCUT2D eigenvalue weighted by atomic mass is 10.2. The van der Waals surface area contributed by atoms with Crippen LogP contribution in [0.3, 0.4) is 0 Å². The van der Waals surface area contributed by atoms with Crippen molar-refractivity contribution < 1.29 is 39.6 Å². The molecule has 0 aliphatic rings. The second kappa shape index (κ2) is 15.5.